The maximum Gasteiger partial charge on any atom is 0.251 e. The van der Waals surface area contributed by atoms with Gasteiger partial charge in [-0.25, -0.2) is 4.39 Å². The van der Waals surface area contributed by atoms with Gasteiger partial charge in [0.2, 0.25) is 0 Å². The zero-order valence-electron chi connectivity index (χ0n) is 18.2. The number of hydrogen-bond acceptors (Lipinski definition) is 7. The number of benzene rings is 1. The largest absolute Gasteiger partial charge is 0.377 e. The summed E-state index contributed by atoms with van der Waals surface area (Å²) in [7, 11) is 3.78. The van der Waals surface area contributed by atoms with Crippen molar-refractivity contribution in [1.82, 2.24) is 10.6 Å². The van der Waals surface area contributed by atoms with Gasteiger partial charge in [0.05, 0.1) is 6.07 Å². The lowest BCUT2D eigenvalue weighted by atomic mass is 10.0. The van der Waals surface area contributed by atoms with Crippen LogP contribution >= 0.6 is 11.3 Å². The average molecular weight is 459 g/mol. The van der Waals surface area contributed by atoms with Crippen LogP contribution in [0.4, 0.5) is 10.1 Å². The summed E-state index contributed by atoms with van der Waals surface area (Å²) in [5, 5.41) is 15.3. The molecular weight excluding hydrogens is 431 g/mol. The zero-order valence-corrected chi connectivity index (χ0v) is 19.0. The van der Waals surface area contributed by atoms with Crippen molar-refractivity contribution in [2.24, 2.45) is 0 Å². The van der Waals surface area contributed by atoms with Gasteiger partial charge < -0.3 is 25.1 Å². The number of nitrogens with zero attached hydrogens (tertiary/aromatic N) is 2. The lowest BCUT2D eigenvalue weighted by Crippen LogP contribution is -2.46. The second-order valence-electron chi connectivity index (χ2n) is 7.80. The quantitative estimate of drug-likeness (QED) is 0.590. The molecule has 0 bridgehead atoms. The Hall–Kier alpha value is -2.80. The summed E-state index contributed by atoms with van der Waals surface area (Å²) in [6, 6.07) is 8.30. The van der Waals surface area contributed by atoms with E-state index in [0.717, 1.165) is 40.9 Å². The Morgan fingerprint density at radius 1 is 1.47 bits per heavy atom. The predicted molar refractivity (Wildman–Crippen MR) is 122 cm³/mol. The molecule has 1 amide bonds. The minimum Gasteiger partial charge on any atom is -0.377 e. The van der Waals surface area contributed by atoms with E-state index in [4.69, 9.17) is 4.74 Å². The molecule has 2 atom stereocenters. The average Bonchev–Trinajstić information content (AvgIpc) is 2.97. The summed E-state index contributed by atoms with van der Waals surface area (Å²) in [6.07, 6.45) is 1.40. The van der Waals surface area contributed by atoms with Gasteiger partial charge in [0.1, 0.15) is 24.2 Å². The summed E-state index contributed by atoms with van der Waals surface area (Å²) in [5.41, 5.74) is 2.62. The van der Waals surface area contributed by atoms with E-state index in [1.54, 1.807) is 0 Å². The molecule has 1 aromatic heterocycles. The van der Waals surface area contributed by atoms with Crippen LogP contribution in [-0.4, -0.2) is 58.1 Å². The highest BCUT2D eigenvalue weighted by atomic mass is 32.1. The minimum atomic E-state index is -0.859. The molecule has 7 nitrogen and oxygen atoms in total. The molecule has 0 spiro atoms. The van der Waals surface area contributed by atoms with Gasteiger partial charge in [-0.15, -0.1) is 11.3 Å². The van der Waals surface area contributed by atoms with E-state index in [0.29, 0.717) is 24.4 Å². The van der Waals surface area contributed by atoms with Crippen LogP contribution < -0.4 is 15.5 Å². The van der Waals surface area contributed by atoms with Crippen LogP contribution in [0, 0.1) is 17.1 Å². The highest BCUT2D eigenvalue weighted by molar-refractivity contribution is 7.15. The first kappa shape index (κ1) is 23.9. The van der Waals surface area contributed by atoms with E-state index in [9.17, 15) is 19.2 Å². The van der Waals surface area contributed by atoms with Crippen LogP contribution in [0.3, 0.4) is 0 Å². The number of carbonyl (C=O) groups is 2. The number of halogens is 1. The van der Waals surface area contributed by atoms with Crippen molar-refractivity contribution in [3.63, 3.8) is 0 Å². The number of nitrogens with one attached hydrogen (secondary N) is 2. The van der Waals surface area contributed by atoms with Gasteiger partial charge in [0.15, 0.2) is 0 Å². The van der Waals surface area contributed by atoms with Crippen molar-refractivity contribution < 1.29 is 18.7 Å². The molecule has 2 N–H and O–H groups in total. The third-order valence-corrected chi connectivity index (χ3v) is 6.39. The van der Waals surface area contributed by atoms with Crippen molar-refractivity contribution in [1.29, 1.82) is 5.26 Å². The topological polar surface area (TPSA) is 94.5 Å². The number of carbonyl (C=O) groups excluding carboxylic acids is 2. The fraction of sp³-hybridized carbons (Fsp3) is 0.435. The third kappa shape index (κ3) is 5.91. The molecule has 0 radical (unpaired) electrons. The number of nitriles is 1. The number of amides is 1. The SMILES string of the molecule is CN(C)c1cc(-c2cc(F)c(CC(C#N)NC(=O)C3CNCCCO3)s2)ccc1CC=O. The summed E-state index contributed by atoms with van der Waals surface area (Å²) < 4.78 is 20.2. The van der Waals surface area contributed by atoms with Crippen LogP contribution in [0.5, 0.6) is 0 Å². The third-order valence-electron chi connectivity index (χ3n) is 5.21. The number of rotatable bonds is 8. The molecule has 1 aliphatic heterocycles. The maximum atomic E-state index is 14.7. The lowest BCUT2D eigenvalue weighted by molar-refractivity contribution is -0.132. The number of anilines is 1. The van der Waals surface area contributed by atoms with E-state index in [2.05, 4.69) is 16.7 Å². The van der Waals surface area contributed by atoms with Gasteiger partial charge >= 0.3 is 0 Å². The Morgan fingerprint density at radius 3 is 3.00 bits per heavy atom. The van der Waals surface area contributed by atoms with Gasteiger partial charge in [-0.3, -0.25) is 4.79 Å². The maximum absolute atomic E-state index is 14.7. The fourth-order valence-electron chi connectivity index (χ4n) is 3.55. The molecule has 2 heterocycles. The van der Waals surface area contributed by atoms with E-state index in [-0.39, 0.29) is 12.3 Å². The molecule has 0 saturated carbocycles. The van der Waals surface area contributed by atoms with E-state index in [1.165, 1.54) is 17.4 Å². The molecule has 1 aliphatic rings. The molecule has 0 aliphatic carbocycles. The van der Waals surface area contributed by atoms with E-state index >= 15 is 0 Å². The molecule has 3 rings (SSSR count). The molecule has 9 heteroatoms. The van der Waals surface area contributed by atoms with Crippen LogP contribution in [0.15, 0.2) is 24.3 Å². The Kier molecular flexibility index (Phi) is 8.33. The number of thiophene rings is 1. The van der Waals surface area contributed by atoms with Crippen LogP contribution in [0.1, 0.15) is 16.9 Å². The van der Waals surface area contributed by atoms with E-state index in [1.807, 2.05) is 37.2 Å². The Bertz CT molecular complexity index is 994. The molecule has 1 aromatic carbocycles. The molecule has 2 aromatic rings. The van der Waals surface area contributed by atoms with Crippen LogP contribution in [0.25, 0.3) is 10.4 Å². The summed E-state index contributed by atoms with van der Waals surface area (Å²) in [4.78, 5) is 26.4. The first-order valence-electron chi connectivity index (χ1n) is 10.5. The normalized spacial score (nSPS) is 17.1. The van der Waals surface area contributed by atoms with Crippen LogP contribution in [-0.2, 0) is 27.2 Å². The van der Waals surface area contributed by atoms with Gasteiger partial charge in [-0.2, -0.15) is 5.26 Å². The minimum absolute atomic E-state index is 0.0721. The highest BCUT2D eigenvalue weighted by Gasteiger charge is 2.24. The predicted octanol–water partition coefficient (Wildman–Crippen LogP) is 2.29. The Morgan fingerprint density at radius 2 is 2.28 bits per heavy atom. The van der Waals surface area contributed by atoms with Gasteiger partial charge in [0, 0.05) is 55.5 Å². The summed E-state index contributed by atoms with van der Waals surface area (Å²) in [5.74, 6) is -0.778. The second-order valence-corrected chi connectivity index (χ2v) is 8.94. The number of aldehydes is 1. The first-order valence-corrected chi connectivity index (χ1v) is 11.3. The lowest BCUT2D eigenvalue weighted by Gasteiger charge is -2.18. The molecule has 2 unspecified atom stereocenters. The van der Waals surface area contributed by atoms with Gasteiger partial charge in [-0.1, -0.05) is 12.1 Å². The Balaban J connectivity index is 1.74. The fourth-order valence-corrected chi connectivity index (χ4v) is 4.63. The summed E-state index contributed by atoms with van der Waals surface area (Å²) in [6.45, 7) is 1.64. The van der Waals surface area contributed by atoms with Crippen molar-refractivity contribution in [2.75, 3.05) is 38.7 Å². The van der Waals surface area contributed by atoms with E-state index < -0.39 is 18.0 Å². The number of ether oxygens (including phenoxy) is 1. The molecule has 170 valence electrons. The van der Waals surface area contributed by atoms with Gasteiger partial charge in [-0.05, 0) is 36.2 Å². The van der Waals surface area contributed by atoms with Crippen molar-refractivity contribution in [2.45, 2.75) is 31.4 Å². The first-order chi connectivity index (χ1) is 15.4. The van der Waals surface area contributed by atoms with Crippen molar-refractivity contribution in [3.05, 3.63) is 40.5 Å². The second kappa shape index (κ2) is 11.2. The molecule has 1 saturated heterocycles. The monoisotopic (exact) mass is 458 g/mol. The molecule has 1 fully saturated rings. The van der Waals surface area contributed by atoms with Crippen molar-refractivity contribution in [3.8, 4) is 16.5 Å². The Labute approximate surface area is 191 Å². The smallest absolute Gasteiger partial charge is 0.251 e. The standard InChI is InChI=1S/C23H27FN4O3S/c1-28(2)19-10-16(5-4-15(19)6-8-29)21-12-18(24)22(32-21)11-17(13-25)27-23(30)20-14-26-7-3-9-31-20/h4-5,8,10,12,17,20,26H,3,6-7,9,11,14H2,1-2H3,(H,27,30). The van der Waals surface area contributed by atoms with Crippen LogP contribution in [0.2, 0.25) is 0 Å². The zero-order chi connectivity index (χ0) is 23.1. The van der Waals surface area contributed by atoms with Crippen molar-refractivity contribution >= 4 is 29.2 Å². The highest BCUT2D eigenvalue weighted by Crippen LogP contribution is 2.34. The molecular formula is C23H27FN4O3S. The molecule has 32 heavy (non-hydrogen) atoms. The summed E-state index contributed by atoms with van der Waals surface area (Å²) >= 11 is 1.25. The number of hydrogen-bond donors (Lipinski definition) is 2. The van der Waals surface area contributed by atoms with Gasteiger partial charge in [0.25, 0.3) is 5.91 Å².